The molecule has 0 radical (unpaired) electrons. The van der Waals surface area contributed by atoms with E-state index in [1.807, 2.05) is 13.8 Å². The van der Waals surface area contributed by atoms with Crippen molar-refractivity contribution in [1.29, 1.82) is 0 Å². The summed E-state index contributed by atoms with van der Waals surface area (Å²) in [6.07, 6.45) is 2.52. The van der Waals surface area contributed by atoms with Gasteiger partial charge in [0.15, 0.2) is 0 Å². The van der Waals surface area contributed by atoms with Crippen LogP contribution in [0.25, 0.3) is 0 Å². The quantitative estimate of drug-likeness (QED) is 0.672. The van der Waals surface area contributed by atoms with Crippen LogP contribution >= 0.6 is 0 Å². The summed E-state index contributed by atoms with van der Waals surface area (Å²) < 4.78 is 25.9. The van der Waals surface area contributed by atoms with Crippen LogP contribution in [0.4, 0.5) is 0 Å². The molecule has 1 fully saturated rings. The van der Waals surface area contributed by atoms with Crippen LogP contribution in [-0.4, -0.2) is 33.3 Å². The molecule has 5 heteroatoms. The Morgan fingerprint density at radius 1 is 1.25 bits per heavy atom. The molecule has 2 N–H and O–H groups in total. The van der Waals surface area contributed by atoms with Gasteiger partial charge in [-0.2, -0.15) is 0 Å². The summed E-state index contributed by atoms with van der Waals surface area (Å²) >= 11 is 0. The number of nitrogens with one attached hydrogen (secondary N) is 2. The lowest BCUT2D eigenvalue weighted by Crippen LogP contribution is -2.36. The highest BCUT2D eigenvalue weighted by Gasteiger charge is 2.28. The first-order valence-electron chi connectivity index (χ1n) is 6.11. The molecular weight excluding hydrogens is 224 g/mol. The van der Waals surface area contributed by atoms with E-state index in [2.05, 4.69) is 17.0 Å². The van der Waals surface area contributed by atoms with E-state index < -0.39 is 10.0 Å². The lowest BCUT2D eigenvalue weighted by Gasteiger charge is -2.13. The van der Waals surface area contributed by atoms with Gasteiger partial charge in [0.2, 0.25) is 10.0 Å². The molecule has 0 aromatic rings. The molecule has 0 saturated heterocycles. The average molecular weight is 248 g/mol. The van der Waals surface area contributed by atoms with Crippen molar-refractivity contribution in [2.24, 2.45) is 11.8 Å². The van der Waals surface area contributed by atoms with Crippen molar-refractivity contribution in [3.63, 3.8) is 0 Å². The molecule has 1 saturated carbocycles. The third-order valence-corrected chi connectivity index (χ3v) is 4.32. The lowest BCUT2D eigenvalue weighted by molar-refractivity contribution is 0.490. The van der Waals surface area contributed by atoms with E-state index >= 15 is 0 Å². The van der Waals surface area contributed by atoms with Gasteiger partial charge in [-0.05, 0) is 24.7 Å². The Labute approximate surface area is 99.2 Å². The van der Waals surface area contributed by atoms with Gasteiger partial charge >= 0.3 is 0 Å². The molecule has 0 bridgehead atoms. The third-order valence-electron chi connectivity index (χ3n) is 2.98. The molecule has 0 aromatic carbocycles. The van der Waals surface area contributed by atoms with Crippen molar-refractivity contribution in [2.75, 3.05) is 18.8 Å². The minimum absolute atomic E-state index is 0.169. The minimum Gasteiger partial charge on any atom is -0.313 e. The van der Waals surface area contributed by atoms with Crippen molar-refractivity contribution in [2.45, 2.75) is 39.7 Å². The molecule has 0 spiro atoms. The van der Waals surface area contributed by atoms with E-state index in [0.29, 0.717) is 25.0 Å². The maximum atomic E-state index is 11.6. The van der Waals surface area contributed by atoms with E-state index in [0.717, 1.165) is 5.92 Å². The van der Waals surface area contributed by atoms with Gasteiger partial charge in [0.05, 0.1) is 5.75 Å². The van der Waals surface area contributed by atoms with E-state index in [4.69, 9.17) is 0 Å². The summed E-state index contributed by atoms with van der Waals surface area (Å²) in [5, 5.41) is 3.11. The number of rotatable bonds is 8. The molecule has 1 unspecified atom stereocenters. The van der Waals surface area contributed by atoms with Gasteiger partial charge in [-0.3, -0.25) is 0 Å². The first-order valence-corrected chi connectivity index (χ1v) is 7.76. The van der Waals surface area contributed by atoms with Crippen molar-refractivity contribution >= 4 is 10.0 Å². The van der Waals surface area contributed by atoms with Gasteiger partial charge in [-0.15, -0.1) is 0 Å². The molecule has 1 atom stereocenters. The average Bonchev–Trinajstić information content (AvgIpc) is 2.96. The molecule has 0 aliphatic heterocycles. The van der Waals surface area contributed by atoms with E-state index in [-0.39, 0.29) is 5.75 Å². The summed E-state index contributed by atoms with van der Waals surface area (Å²) in [5.74, 6) is 1.40. The zero-order valence-electron chi connectivity index (χ0n) is 10.5. The summed E-state index contributed by atoms with van der Waals surface area (Å²) in [6, 6.07) is 0.334. The highest BCUT2D eigenvalue weighted by Crippen LogP contribution is 2.36. The highest BCUT2D eigenvalue weighted by atomic mass is 32.2. The molecule has 1 aliphatic carbocycles. The van der Waals surface area contributed by atoms with Crippen LogP contribution in [-0.2, 0) is 10.0 Å². The first-order chi connectivity index (χ1) is 7.41. The number of sulfonamides is 1. The zero-order chi connectivity index (χ0) is 12.2. The van der Waals surface area contributed by atoms with Crippen LogP contribution < -0.4 is 10.0 Å². The Bertz CT molecular complexity index is 297. The van der Waals surface area contributed by atoms with Crippen LogP contribution in [0.15, 0.2) is 0 Å². The molecule has 96 valence electrons. The smallest absolute Gasteiger partial charge is 0.212 e. The Morgan fingerprint density at radius 2 is 1.88 bits per heavy atom. The highest BCUT2D eigenvalue weighted by molar-refractivity contribution is 7.89. The second-order valence-corrected chi connectivity index (χ2v) is 7.02. The fraction of sp³-hybridized carbons (Fsp3) is 1.00. The van der Waals surface area contributed by atoms with Crippen molar-refractivity contribution in [3.05, 3.63) is 0 Å². The van der Waals surface area contributed by atoms with Crippen LogP contribution in [0.1, 0.15) is 33.6 Å². The fourth-order valence-electron chi connectivity index (χ4n) is 1.64. The Morgan fingerprint density at radius 3 is 2.38 bits per heavy atom. The predicted octanol–water partition coefficient (Wildman–Crippen LogP) is 0.950. The maximum absolute atomic E-state index is 11.6. The standard InChI is InChI=1S/C11H24N2O2S/c1-9(2)12-6-7-16(14,15)13-8-10(3)11-4-5-11/h9-13H,4-8H2,1-3H3. The third kappa shape index (κ3) is 5.82. The van der Waals surface area contributed by atoms with E-state index in [1.165, 1.54) is 12.8 Å². The van der Waals surface area contributed by atoms with Gasteiger partial charge < -0.3 is 5.32 Å². The van der Waals surface area contributed by atoms with E-state index in [1.54, 1.807) is 0 Å². The molecule has 1 rings (SSSR count). The van der Waals surface area contributed by atoms with Gasteiger partial charge in [0.1, 0.15) is 0 Å². The summed E-state index contributed by atoms with van der Waals surface area (Å²) in [4.78, 5) is 0. The van der Waals surface area contributed by atoms with Crippen LogP contribution in [0, 0.1) is 11.8 Å². The number of hydrogen-bond donors (Lipinski definition) is 2. The number of hydrogen-bond acceptors (Lipinski definition) is 3. The largest absolute Gasteiger partial charge is 0.313 e. The molecule has 0 heterocycles. The van der Waals surface area contributed by atoms with Crippen molar-refractivity contribution in [1.82, 2.24) is 10.0 Å². The lowest BCUT2D eigenvalue weighted by atomic mass is 10.1. The predicted molar refractivity (Wildman–Crippen MR) is 66.8 cm³/mol. The summed E-state index contributed by atoms with van der Waals surface area (Å²) in [7, 11) is -3.09. The molecular formula is C11H24N2O2S. The van der Waals surface area contributed by atoms with Gasteiger partial charge in [-0.1, -0.05) is 20.8 Å². The normalized spacial score (nSPS) is 19.0. The van der Waals surface area contributed by atoms with Crippen molar-refractivity contribution in [3.8, 4) is 0 Å². The van der Waals surface area contributed by atoms with Crippen LogP contribution in [0.3, 0.4) is 0 Å². The minimum atomic E-state index is -3.09. The first kappa shape index (κ1) is 13.9. The molecule has 1 aliphatic rings. The van der Waals surface area contributed by atoms with Crippen LogP contribution in [0.2, 0.25) is 0 Å². The Balaban J connectivity index is 2.17. The van der Waals surface area contributed by atoms with Crippen molar-refractivity contribution < 1.29 is 8.42 Å². The molecule has 0 amide bonds. The summed E-state index contributed by atoms with van der Waals surface area (Å²) in [6.45, 7) is 7.25. The molecule has 4 nitrogen and oxygen atoms in total. The molecule has 0 aromatic heterocycles. The summed E-state index contributed by atoms with van der Waals surface area (Å²) in [5.41, 5.74) is 0. The Kier molecular flexibility index (Phi) is 5.21. The Hall–Kier alpha value is -0.130. The van der Waals surface area contributed by atoms with Gasteiger partial charge in [0, 0.05) is 19.1 Å². The second-order valence-electron chi connectivity index (χ2n) is 5.09. The second kappa shape index (κ2) is 5.98. The van der Waals surface area contributed by atoms with Gasteiger partial charge in [0.25, 0.3) is 0 Å². The van der Waals surface area contributed by atoms with Crippen LogP contribution in [0.5, 0.6) is 0 Å². The fourth-order valence-corrected chi connectivity index (χ4v) is 2.69. The topological polar surface area (TPSA) is 58.2 Å². The maximum Gasteiger partial charge on any atom is 0.212 e. The molecule has 16 heavy (non-hydrogen) atoms. The van der Waals surface area contributed by atoms with Gasteiger partial charge in [-0.25, -0.2) is 13.1 Å². The zero-order valence-corrected chi connectivity index (χ0v) is 11.3. The SMILES string of the molecule is CC(C)NCCS(=O)(=O)NCC(C)C1CC1. The monoisotopic (exact) mass is 248 g/mol. The van der Waals surface area contributed by atoms with E-state index in [9.17, 15) is 8.42 Å².